The van der Waals surface area contributed by atoms with E-state index in [1.54, 1.807) is 6.07 Å². The van der Waals surface area contributed by atoms with Crippen molar-refractivity contribution in [3.8, 4) is 11.3 Å². The van der Waals surface area contributed by atoms with E-state index in [0.717, 1.165) is 11.1 Å². The highest BCUT2D eigenvalue weighted by Crippen LogP contribution is 2.29. The topological polar surface area (TPSA) is 25.8 Å². The van der Waals surface area contributed by atoms with Gasteiger partial charge in [-0.25, -0.2) is 9.97 Å². The van der Waals surface area contributed by atoms with Gasteiger partial charge >= 0.3 is 6.18 Å². The van der Waals surface area contributed by atoms with Gasteiger partial charge in [-0.3, -0.25) is 0 Å². The second-order valence-corrected chi connectivity index (χ2v) is 4.53. The van der Waals surface area contributed by atoms with Crippen LogP contribution in [-0.2, 0) is 6.18 Å². The Hall–Kier alpha value is -1.91. The molecule has 1 aromatic heterocycles. The van der Waals surface area contributed by atoms with Gasteiger partial charge in [0.05, 0.1) is 5.69 Å². The highest BCUT2D eigenvalue weighted by molar-refractivity contribution is 5.64. The maximum absolute atomic E-state index is 12.7. The van der Waals surface area contributed by atoms with Gasteiger partial charge in [0, 0.05) is 11.3 Å². The molecule has 0 spiro atoms. The van der Waals surface area contributed by atoms with Gasteiger partial charge in [-0.2, -0.15) is 13.2 Å². The molecule has 5 heteroatoms. The quantitative estimate of drug-likeness (QED) is 0.777. The van der Waals surface area contributed by atoms with Crippen LogP contribution in [0, 0.1) is 20.8 Å². The molecular weight excluding hydrogens is 253 g/mol. The van der Waals surface area contributed by atoms with Crippen LogP contribution in [0.25, 0.3) is 11.3 Å². The SMILES string of the molecule is Cc1ccc(C)c(-c2cc(C)nc(C(F)(F)F)n2)c1. The third-order valence-corrected chi connectivity index (χ3v) is 2.78. The van der Waals surface area contributed by atoms with Crippen LogP contribution >= 0.6 is 0 Å². The Morgan fingerprint density at radius 2 is 1.63 bits per heavy atom. The van der Waals surface area contributed by atoms with Gasteiger partial charge in [-0.05, 0) is 38.5 Å². The summed E-state index contributed by atoms with van der Waals surface area (Å²) in [4.78, 5) is 7.09. The number of aromatic nitrogens is 2. The molecule has 0 aliphatic heterocycles. The molecule has 0 unspecified atom stereocenters. The first kappa shape index (κ1) is 13.5. The zero-order valence-corrected chi connectivity index (χ0v) is 10.8. The molecule has 1 heterocycles. The predicted molar refractivity (Wildman–Crippen MR) is 66.7 cm³/mol. The van der Waals surface area contributed by atoms with Gasteiger partial charge in [0.1, 0.15) is 0 Å². The van der Waals surface area contributed by atoms with E-state index < -0.39 is 12.0 Å². The number of hydrogen-bond acceptors (Lipinski definition) is 2. The van der Waals surface area contributed by atoms with E-state index in [2.05, 4.69) is 9.97 Å². The van der Waals surface area contributed by atoms with Gasteiger partial charge < -0.3 is 0 Å². The molecule has 0 aliphatic carbocycles. The molecule has 0 atom stereocenters. The van der Waals surface area contributed by atoms with Crippen molar-refractivity contribution in [3.63, 3.8) is 0 Å². The Morgan fingerprint density at radius 1 is 0.947 bits per heavy atom. The summed E-state index contributed by atoms with van der Waals surface area (Å²) in [7, 11) is 0. The smallest absolute Gasteiger partial charge is 0.230 e. The minimum Gasteiger partial charge on any atom is -0.230 e. The van der Waals surface area contributed by atoms with Crippen LogP contribution in [0.2, 0.25) is 0 Å². The second kappa shape index (κ2) is 4.64. The van der Waals surface area contributed by atoms with Crippen LogP contribution in [0.4, 0.5) is 13.2 Å². The molecule has 0 amide bonds. The molecule has 0 N–H and O–H groups in total. The fourth-order valence-corrected chi connectivity index (χ4v) is 1.85. The van der Waals surface area contributed by atoms with Crippen molar-refractivity contribution in [1.82, 2.24) is 9.97 Å². The summed E-state index contributed by atoms with van der Waals surface area (Å²) >= 11 is 0. The standard InChI is InChI=1S/C14H13F3N2/c1-8-4-5-9(2)11(6-8)12-7-10(3)18-13(19-12)14(15,16)17/h4-7H,1-3H3. The summed E-state index contributed by atoms with van der Waals surface area (Å²) in [5, 5.41) is 0. The minimum atomic E-state index is -4.53. The maximum atomic E-state index is 12.7. The van der Waals surface area contributed by atoms with E-state index in [1.807, 2.05) is 32.0 Å². The molecule has 1 aromatic carbocycles. The number of halogens is 3. The van der Waals surface area contributed by atoms with Crippen LogP contribution in [-0.4, -0.2) is 9.97 Å². The second-order valence-electron chi connectivity index (χ2n) is 4.53. The molecule has 0 bridgehead atoms. The molecule has 0 fully saturated rings. The number of hydrogen-bond donors (Lipinski definition) is 0. The zero-order valence-electron chi connectivity index (χ0n) is 10.8. The van der Waals surface area contributed by atoms with Crippen LogP contribution in [0.15, 0.2) is 24.3 Å². The fourth-order valence-electron chi connectivity index (χ4n) is 1.85. The lowest BCUT2D eigenvalue weighted by molar-refractivity contribution is -0.145. The molecule has 0 saturated carbocycles. The molecular formula is C14H13F3N2. The number of rotatable bonds is 1. The molecule has 0 radical (unpaired) electrons. The van der Waals surface area contributed by atoms with Crippen molar-refractivity contribution < 1.29 is 13.2 Å². The first-order valence-corrected chi connectivity index (χ1v) is 5.78. The highest BCUT2D eigenvalue weighted by Gasteiger charge is 2.35. The molecule has 0 aliphatic rings. The lowest BCUT2D eigenvalue weighted by Gasteiger charge is -2.11. The summed E-state index contributed by atoms with van der Waals surface area (Å²) in [6.07, 6.45) is -4.53. The summed E-state index contributed by atoms with van der Waals surface area (Å²) in [5.74, 6) is -1.09. The van der Waals surface area contributed by atoms with Gasteiger partial charge in [0.25, 0.3) is 0 Å². The highest BCUT2D eigenvalue weighted by atomic mass is 19.4. The predicted octanol–water partition coefficient (Wildman–Crippen LogP) is 4.09. The first-order valence-electron chi connectivity index (χ1n) is 5.78. The van der Waals surface area contributed by atoms with Crippen molar-refractivity contribution in [3.05, 3.63) is 46.9 Å². The van der Waals surface area contributed by atoms with Crippen LogP contribution in [0.5, 0.6) is 0 Å². The number of benzene rings is 1. The lowest BCUT2D eigenvalue weighted by atomic mass is 10.0. The third kappa shape index (κ3) is 2.92. The van der Waals surface area contributed by atoms with E-state index >= 15 is 0 Å². The van der Waals surface area contributed by atoms with Gasteiger partial charge in [-0.15, -0.1) is 0 Å². The summed E-state index contributed by atoms with van der Waals surface area (Å²) in [6.45, 7) is 5.27. The van der Waals surface area contributed by atoms with E-state index in [-0.39, 0.29) is 0 Å². The summed E-state index contributed by atoms with van der Waals surface area (Å²) in [5.41, 5.74) is 3.18. The average molecular weight is 266 g/mol. The van der Waals surface area contributed by atoms with Gasteiger partial charge in [0.15, 0.2) is 0 Å². The number of nitrogens with zero attached hydrogens (tertiary/aromatic N) is 2. The van der Waals surface area contributed by atoms with Crippen molar-refractivity contribution in [2.24, 2.45) is 0 Å². The fraction of sp³-hybridized carbons (Fsp3) is 0.286. The van der Waals surface area contributed by atoms with Crippen molar-refractivity contribution in [2.45, 2.75) is 26.9 Å². The molecule has 2 aromatic rings. The van der Waals surface area contributed by atoms with Crippen LogP contribution in [0.3, 0.4) is 0 Å². The van der Waals surface area contributed by atoms with E-state index in [4.69, 9.17) is 0 Å². The number of alkyl halides is 3. The maximum Gasteiger partial charge on any atom is 0.451 e. The molecule has 100 valence electrons. The lowest BCUT2D eigenvalue weighted by Crippen LogP contribution is -2.12. The van der Waals surface area contributed by atoms with E-state index in [1.165, 1.54) is 6.92 Å². The average Bonchev–Trinajstić information content (AvgIpc) is 2.30. The first-order chi connectivity index (χ1) is 8.77. The largest absolute Gasteiger partial charge is 0.451 e. The Balaban J connectivity index is 2.63. The number of aryl methyl sites for hydroxylation is 3. The Labute approximate surface area is 109 Å². The normalized spacial score (nSPS) is 11.7. The Kier molecular flexibility index (Phi) is 3.30. The third-order valence-electron chi connectivity index (χ3n) is 2.78. The summed E-state index contributed by atoms with van der Waals surface area (Å²) < 4.78 is 38.2. The molecule has 0 saturated heterocycles. The minimum absolute atomic E-state index is 0.304. The Morgan fingerprint density at radius 3 is 2.26 bits per heavy atom. The van der Waals surface area contributed by atoms with Crippen LogP contribution in [0.1, 0.15) is 22.6 Å². The molecule has 2 nitrogen and oxygen atoms in total. The monoisotopic (exact) mass is 266 g/mol. The summed E-state index contributed by atoms with van der Waals surface area (Å²) in [6, 6.07) is 7.18. The van der Waals surface area contributed by atoms with E-state index in [9.17, 15) is 13.2 Å². The Bertz CT molecular complexity index is 619. The molecule has 19 heavy (non-hydrogen) atoms. The zero-order chi connectivity index (χ0) is 14.2. The van der Waals surface area contributed by atoms with Crippen molar-refractivity contribution >= 4 is 0 Å². The molecule has 2 rings (SSSR count). The van der Waals surface area contributed by atoms with Crippen molar-refractivity contribution in [2.75, 3.05) is 0 Å². The van der Waals surface area contributed by atoms with Gasteiger partial charge in [-0.1, -0.05) is 17.7 Å². The van der Waals surface area contributed by atoms with E-state index in [0.29, 0.717) is 17.0 Å². The van der Waals surface area contributed by atoms with Crippen molar-refractivity contribution in [1.29, 1.82) is 0 Å². The van der Waals surface area contributed by atoms with Gasteiger partial charge in [0.2, 0.25) is 5.82 Å². The van der Waals surface area contributed by atoms with Crippen LogP contribution < -0.4 is 0 Å².